The molecule has 1 atom stereocenters. The van der Waals surface area contributed by atoms with Crippen molar-refractivity contribution in [3.8, 4) is 0 Å². The Morgan fingerprint density at radius 3 is 3.04 bits per heavy atom. The highest BCUT2D eigenvalue weighted by Gasteiger charge is 2.28. The van der Waals surface area contributed by atoms with E-state index < -0.39 is 6.10 Å². The summed E-state index contributed by atoms with van der Waals surface area (Å²) in [6, 6.07) is 9.76. The molecule has 1 aromatic carbocycles. The normalized spacial score (nSPS) is 14.7. The highest BCUT2D eigenvalue weighted by molar-refractivity contribution is 5.98. The molecule has 0 radical (unpaired) electrons. The van der Waals surface area contributed by atoms with Gasteiger partial charge in [0.05, 0.1) is 0 Å². The molecule has 0 bridgehead atoms. The number of hydrogen-bond acceptors (Lipinski definition) is 4. The molecule has 2 heterocycles. The number of nitrogens with one attached hydrogen (secondary N) is 1. The molecule has 0 fully saturated rings. The minimum Gasteiger partial charge on any atom is -0.382 e. The molecule has 1 aliphatic heterocycles. The molecule has 2 N–H and O–H groups in total. The average molecular weight is 314 g/mol. The average Bonchev–Trinajstić information content (AvgIpc) is 3.23. The third kappa shape index (κ3) is 3.78. The second kappa shape index (κ2) is 7.39. The second-order valence-corrected chi connectivity index (χ2v) is 5.71. The van der Waals surface area contributed by atoms with Crippen molar-refractivity contribution in [1.82, 2.24) is 15.1 Å². The summed E-state index contributed by atoms with van der Waals surface area (Å²) in [6.45, 7) is 2.48. The van der Waals surface area contributed by atoms with E-state index in [4.69, 9.17) is 0 Å². The smallest absolute Gasteiger partial charge is 0.257 e. The lowest BCUT2D eigenvalue weighted by Gasteiger charge is -2.21. The van der Waals surface area contributed by atoms with Crippen molar-refractivity contribution >= 4 is 11.6 Å². The van der Waals surface area contributed by atoms with Gasteiger partial charge in [0.25, 0.3) is 5.91 Å². The van der Waals surface area contributed by atoms with E-state index in [0.717, 1.165) is 31.6 Å². The topological polar surface area (TPSA) is 70.4 Å². The van der Waals surface area contributed by atoms with Crippen LogP contribution in [-0.2, 0) is 17.8 Å². The Morgan fingerprint density at radius 2 is 2.22 bits per heavy atom. The summed E-state index contributed by atoms with van der Waals surface area (Å²) in [5, 5.41) is 17.4. The van der Waals surface area contributed by atoms with Gasteiger partial charge >= 0.3 is 0 Å². The minimum absolute atomic E-state index is 0.227. The van der Waals surface area contributed by atoms with Gasteiger partial charge < -0.3 is 15.3 Å². The fourth-order valence-corrected chi connectivity index (χ4v) is 2.87. The lowest BCUT2D eigenvalue weighted by Crippen LogP contribution is -2.43. The van der Waals surface area contributed by atoms with Gasteiger partial charge in [0.1, 0.15) is 6.10 Å². The number of para-hydroxylation sites is 1. The minimum atomic E-state index is -1.01. The molecular weight excluding hydrogens is 292 g/mol. The van der Waals surface area contributed by atoms with Crippen LogP contribution in [0.2, 0.25) is 0 Å². The van der Waals surface area contributed by atoms with Crippen LogP contribution in [0.25, 0.3) is 0 Å². The van der Waals surface area contributed by atoms with E-state index in [1.54, 1.807) is 11.1 Å². The first-order valence-corrected chi connectivity index (χ1v) is 8.01. The second-order valence-electron chi connectivity index (χ2n) is 5.71. The highest BCUT2D eigenvalue weighted by Crippen LogP contribution is 2.27. The number of anilines is 1. The van der Waals surface area contributed by atoms with Crippen LogP contribution < -0.4 is 10.2 Å². The van der Waals surface area contributed by atoms with Gasteiger partial charge in [-0.2, -0.15) is 5.10 Å². The number of aliphatic hydroxyl groups is 1. The van der Waals surface area contributed by atoms with Gasteiger partial charge in [0.2, 0.25) is 0 Å². The summed E-state index contributed by atoms with van der Waals surface area (Å²) in [5.41, 5.74) is 2.09. The number of amides is 1. The monoisotopic (exact) mass is 314 g/mol. The first-order valence-electron chi connectivity index (χ1n) is 8.01. The lowest BCUT2D eigenvalue weighted by molar-refractivity contribution is -0.126. The number of fused-ring (bicyclic) bond motifs is 1. The van der Waals surface area contributed by atoms with Gasteiger partial charge in [-0.3, -0.25) is 9.48 Å². The molecule has 0 aliphatic carbocycles. The zero-order valence-electron chi connectivity index (χ0n) is 13.1. The summed E-state index contributed by atoms with van der Waals surface area (Å²) in [5.74, 6) is -0.227. The van der Waals surface area contributed by atoms with Gasteiger partial charge in [-0.15, -0.1) is 0 Å². The standard InChI is InChI=1S/C17H22N4O2/c22-16(13-18-8-3-10-20-11-4-9-19-20)17(23)21-12-7-14-5-1-2-6-15(14)21/h1-2,4-6,9,11,16,18,22H,3,7-8,10,12-13H2. The maximum absolute atomic E-state index is 12.4. The predicted molar refractivity (Wildman–Crippen MR) is 88.2 cm³/mol. The van der Waals surface area contributed by atoms with Crippen molar-refractivity contribution in [1.29, 1.82) is 0 Å². The van der Waals surface area contributed by atoms with Crippen LogP contribution >= 0.6 is 0 Å². The van der Waals surface area contributed by atoms with Crippen molar-refractivity contribution in [3.05, 3.63) is 48.3 Å². The van der Waals surface area contributed by atoms with Crippen molar-refractivity contribution in [3.63, 3.8) is 0 Å². The zero-order chi connectivity index (χ0) is 16.1. The number of carbonyl (C=O) groups excluding carboxylic acids is 1. The Labute approximate surface area is 135 Å². The number of carbonyl (C=O) groups is 1. The van der Waals surface area contributed by atoms with Gasteiger partial charge in [-0.1, -0.05) is 18.2 Å². The molecular formula is C17H22N4O2. The van der Waals surface area contributed by atoms with Crippen LogP contribution in [0.4, 0.5) is 5.69 Å². The van der Waals surface area contributed by atoms with Crippen LogP contribution in [0.1, 0.15) is 12.0 Å². The molecule has 23 heavy (non-hydrogen) atoms. The molecule has 1 aliphatic rings. The van der Waals surface area contributed by atoms with E-state index in [-0.39, 0.29) is 12.5 Å². The van der Waals surface area contributed by atoms with Crippen LogP contribution in [0.15, 0.2) is 42.7 Å². The largest absolute Gasteiger partial charge is 0.382 e. The molecule has 2 aromatic rings. The number of aliphatic hydroxyl groups excluding tert-OH is 1. The summed E-state index contributed by atoms with van der Waals surface area (Å²) in [6.07, 6.45) is 4.42. The van der Waals surface area contributed by atoms with Crippen molar-refractivity contribution in [2.24, 2.45) is 0 Å². The third-order valence-electron chi connectivity index (χ3n) is 4.08. The fraction of sp³-hybridized carbons (Fsp3) is 0.412. The molecule has 0 saturated heterocycles. The molecule has 3 rings (SSSR count). The Hall–Kier alpha value is -2.18. The van der Waals surface area contributed by atoms with Gasteiger partial charge in [0, 0.05) is 37.7 Å². The number of aryl methyl sites for hydroxylation is 1. The SMILES string of the molecule is O=C(C(O)CNCCCn1cccn1)N1CCc2ccccc21. The number of benzene rings is 1. The molecule has 1 unspecified atom stereocenters. The Morgan fingerprint density at radius 1 is 1.35 bits per heavy atom. The number of hydrogen-bond donors (Lipinski definition) is 2. The van der Waals surface area contributed by atoms with Crippen LogP contribution in [0, 0.1) is 0 Å². The Balaban J connectivity index is 1.42. The van der Waals surface area contributed by atoms with Crippen LogP contribution in [0.5, 0.6) is 0 Å². The molecule has 122 valence electrons. The quantitative estimate of drug-likeness (QED) is 0.742. The molecule has 0 spiro atoms. The molecule has 1 aromatic heterocycles. The van der Waals surface area contributed by atoms with Crippen molar-refractivity contribution in [2.45, 2.75) is 25.5 Å². The number of rotatable bonds is 7. The van der Waals surface area contributed by atoms with E-state index in [9.17, 15) is 9.90 Å². The zero-order valence-corrected chi connectivity index (χ0v) is 13.1. The predicted octanol–water partition coefficient (Wildman–Crippen LogP) is 0.813. The first kappa shape index (κ1) is 15.7. The summed E-state index contributed by atoms with van der Waals surface area (Å²) >= 11 is 0. The maximum Gasteiger partial charge on any atom is 0.257 e. The van der Waals surface area contributed by atoms with Crippen LogP contribution in [0.3, 0.4) is 0 Å². The van der Waals surface area contributed by atoms with E-state index in [2.05, 4.69) is 10.4 Å². The summed E-state index contributed by atoms with van der Waals surface area (Å²) in [4.78, 5) is 14.1. The highest BCUT2D eigenvalue weighted by atomic mass is 16.3. The van der Waals surface area contributed by atoms with Gasteiger partial charge in [0.15, 0.2) is 0 Å². The third-order valence-corrected chi connectivity index (χ3v) is 4.08. The van der Waals surface area contributed by atoms with Gasteiger partial charge in [-0.25, -0.2) is 0 Å². The van der Waals surface area contributed by atoms with Crippen molar-refractivity contribution in [2.75, 3.05) is 24.5 Å². The summed E-state index contributed by atoms with van der Waals surface area (Å²) in [7, 11) is 0. The number of aromatic nitrogens is 2. The molecule has 6 heteroatoms. The Bertz CT molecular complexity index is 642. The van der Waals surface area contributed by atoms with Gasteiger partial charge in [-0.05, 0) is 37.1 Å². The fourth-order valence-electron chi connectivity index (χ4n) is 2.87. The number of nitrogens with zero attached hydrogens (tertiary/aromatic N) is 3. The van der Waals surface area contributed by atoms with E-state index in [0.29, 0.717) is 6.54 Å². The molecule has 0 saturated carbocycles. The van der Waals surface area contributed by atoms with E-state index in [1.807, 2.05) is 41.2 Å². The molecule has 1 amide bonds. The summed E-state index contributed by atoms with van der Waals surface area (Å²) < 4.78 is 1.87. The lowest BCUT2D eigenvalue weighted by atomic mass is 10.2. The van der Waals surface area contributed by atoms with E-state index >= 15 is 0 Å². The maximum atomic E-state index is 12.4. The van der Waals surface area contributed by atoms with Crippen molar-refractivity contribution < 1.29 is 9.90 Å². The van der Waals surface area contributed by atoms with Crippen LogP contribution in [-0.4, -0.2) is 46.5 Å². The first-order chi connectivity index (χ1) is 11.3. The van der Waals surface area contributed by atoms with E-state index in [1.165, 1.54) is 5.56 Å². The molecule has 6 nitrogen and oxygen atoms in total. The Kier molecular flexibility index (Phi) is 5.05.